The van der Waals surface area contributed by atoms with Gasteiger partial charge in [0.05, 0.1) is 11.5 Å². The quantitative estimate of drug-likeness (QED) is 0.906. The van der Waals surface area contributed by atoms with Crippen LogP contribution >= 0.6 is 11.6 Å². The Hall–Kier alpha value is -1.06. The van der Waals surface area contributed by atoms with Crippen molar-refractivity contribution in [2.45, 2.75) is 37.2 Å². The van der Waals surface area contributed by atoms with E-state index in [0.29, 0.717) is 17.5 Å². The zero-order valence-electron chi connectivity index (χ0n) is 11.7. The van der Waals surface area contributed by atoms with E-state index < -0.39 is 5.41 Å². The molecule has 2 fully saturated rings. The summed E-state index contributed by atoms with van der Waals surface area (Å²) in [6.07, 6.45) is 3.54. The van der Waals surface area contributed by atoms with Crippen molar-refractivity contribution < 1.29 is 9.90 Å². The molecule has 2 aliphatic carbocycles. The number of hydrogen-bond donors (Lipinski definition) is 1. The second-order valence-electron chi connectivity index (χ2n) is 6.18. The predicted molar refractivity (Wildman–Crippen MR) is 78.7 cm³/mol. The summed E-state index contributed by atoms with van der Waals surface area (Å²) in [6, 6.07) is 7.58. The zero-order chi connectivity index (χ0) is 14.3. The molecular formula is C16H20ClNO2. The number of aliphatic hydroxyl groups is 1. The minimum atomic E-state index is -0.400. The van der Waals surface area contributed by atoms with Crippen molar-refractivity contribution in [1.29, 1.82) is 0 Å². The number of benzene rings is 1. The highest BCUT2D eigenvalue weighted by atomic mass is 35.5. The van der Waals surface area contributed by atoms with Gasteiger partial charge in [-0.05, 0) is 49.3 Å². The van der Waals surface area contributed by atoms with Crippen LogP contribution in [0.1, 0.15) is 31.2 Å². The van der Waals surface area contributed by atoms with E-state index in [-0.39, 0.29) is 12.0 Å². The molecule has 1 amide bonds. The van der Waals surface area contributed by atoms with Crippen LogP contribution in [-0.2, 0) is 10.2 Å². The summed E-state index contributed by atoms with van der Waals surface area (Å²) >= 11 is 6.03. The SMILES string of the molecule is CN(CC(O)C1CC1)C(=O)C1(c2cccc(Cl)c2)CC1. The van der Waals surface area contributed by atoms with E-state index >= 15 is 0 Å². The van der Waals surface area contributed by atoms with Crippen LogP contribution in [0.2, 0.25) is 5.02 Å². The van der Waals surface area contributed by atoms with Crippen LogP contribution in [0.4, 0.5) is 0 Å². The maximum Gasteiger partial charge on any atom is 0.233 e. The third-order valence-electron chi connectivity index (χ3n) is 4.51. The average molecular weight is 294 g/mol. The van der Waals surface area contributed by atoms with Crippen LogP contribution in [-0.4, -0.2) is 35.6 Å². The lowest BCUT2D eigenvalue weighted by atomic mass is 9.94. The van der Waals surface area contributed by atoms with Crippen molar-refractivity contribution in [3.8, 4) is 0 Å². The molecule has 0 spiro atoms. The first-order valence-corrected chi connectivity index (χ1v) is 7.60. The minimum absolute atomic E-state index is 0.111. The number of hydrogen-bond acceptors (Lipinski definition) is 2. The van der Waals surface area contributed by atoms with Gasteiger partial charge in [-0.2, -0.15) is 0 Å². The maximum atomic E-state index is 12.7. The summed E-state index contributed by atoms with van der Waals surface area (Å²) in [6.45, 7) is 0.436. The number of halogens is 1. The molecule has 0 heterocycles. The van der Waals surface area contributed by atoms with Gasteiger partial charge >= 0.3 is 0 Å². The van der Waals surface area contributed by atoms with Crippen LogP contribution in [0, 0.1) is 5.92 Å². The summed E-state index contributed by atoms with van der Waals surface area (Å²) in [7, 11) is 1.79. The number of likely N-dealkylation sites (N-methyl/N-ethyl adjacent to an activating group) is 1. The van der Waals surface area contributed by atoms with Gasteiger partial charge in [0.15, 0.2) is 0 Å². The van der Waals surface area contributed by atoms with E-state index in [4.69, 9.17) is 11.6 Å². The molecule has 108 valence electrons. The molecule has 1 unspecified atom stereocenters. The largest absolute Gasteiger partial charge is 0.391 e. The molecule has 0 aliphatic heterocycles. The fraction of sp³-hybridized carbons (Fsp3) is 0.562. The minimum Gasteiger partial charge on any atom is -0.391 e. The molecule has 20 heavy (non-hydrogen) atoms. The molecular weight excluding hydrogens is 274 g/mol. The van der Waals surface area contributed by atoms with Crippen LogP contribution in [0.25, 0.3) is 0 Å². The second kappa shape index (κ2) is 5.05. The number of nitrogens with zero attached hydrogens (tertiary/aromatic N) is 1. The Labute approximate surface area is 124 Å². The topological polar surface area (TPSA) is 40.5 Å². The predicted octanol–water partition coefficient (Wildman–Crippen LogP) is 2.60. The molecule has 2 saturated carbocycles. The third-order valence-corrected chi connectivity index (χ3v) is 4.75. The Morgan fingerprint density at radius 1 is 1.50 bits per heavy atom. The Morgan fingerprint density at radius 2 is 2.20 bits per heavy atom. The molecule has 3 nitrogen and oxygen atoms in total. The van der Waals surface area contributed by atoms with E-state index in [1.807, 2.05) is 24.3 Å². The van der Waals surface area contributed by atoms with Crippen LogP contribution in [0.5, 0.6) is 0 Å². The number of aliphatic hydroxyl groups excluding tert-OH is 1. The highest BCUT2D eigenvalue weighted by molar-refractivity contribution is 6.30. The fourth-order valence-electron chi connectivity index (χ4n) is 2.90. The third kappa shape index (κ3) is 2.57. The molecule has 0 bridgehead atoms. The molecule has 1 aromatic rings. The van der Waals surface area contributed by atoms with Gasteiger partial charge < -0.3 is 10.0 Å². The average Bonchev–Trinajstić information content (AvgIpc) is 3.30. The first kappa shape index (κ1) is 13.9. The number of carbonyl (C=O) groups is 1. The monoisotopic (exact) mass is 293 g/mol. The summed E-state index contributed by atoms with van der Waals surface area (Å²) in [5.74, 6) is 0.506. The number of amides is 1. The maximum absolute atomic E-state index is 12.7. The van der Waals surface area contributed by atoms with Gasteiger partial charge in [0, 0.05) is 18.6 Å². The lowest BCUT2D eigenvalue weighted by molar-refractivity contribution is -0.134. The molecule has 3 rings (SSSR count). The lowest BCUT2D eigenvalue weighted by Gasteiger charge is -2.26. The number of carbonyl (C=O) groups excluding carboxylic acids is 1. The van der Waals surface area contributed by atoms with Crippen LogP contribution < -0.4 is 0 Å². The van der Waals surface area contributed by atoms with Gasteiger partial charge in [0.2, 0.25) is 5.91 Å². The van der Waals surface area contributed by atoms with Crippen LogP contribution in [0.15, 0.2) is 24.3 Å². The van der Waals surface area contributed by atoms with Crippen molar-refractivity contribution in [3.05, 3.63) is 34.9 Å². The summed E-state index contributed by atoms with van der Waals surface area (Å²) < 4.78 is 0. The number of rotatable bonds is 5. The van der Waals surface area contributed by atoms with Gasteiger partial charge in [-0.1, -0.05) is 23.7 Å². The van der Waals surface area contributed by atoms with Gasteiger partial charge in [-0.25, -0.2) is 0 Å². The second-order valence-corrected chi connectivity index (χ2v) is 6.62. The highest BCUT2D eigenvalue weighted by Gasteiger charge is 2.52. The van der Waals surface area contributed by atoms with Crippen LogP contribution in [0.3, 0.4) is 0 Å². The first-order chi connectivity index (χ1) is 9.53. The van der Waals surface area contributed by atoms with Crippen molar-refractivity contribution in [3.63, 3.8) is 0 Å². The van der Waals surface area contributed by atoms with Crippen molar-refractivity contribution in [1.82, 2.24) is 4.90 Å². The van der Waals surface area contributed by atoms with E-state index in [2.05, 4.69) is 0 Å². The normalized spacial score (nSPS) is 21.4. The van der Waals surface area contributed by atoms with E-state index in [9.17, 15) is 9.90 Å². The molecule has 1 atom stereocenters. The van der Waals surface area contributed by atoms with Gasteiger partial charge in [0.25, 0.3) is 0 Å². The lowest BCUT2D eigenvalue weighted by Crippen LogP contribution is -2.41. The molecule has 2 aliphatic rings. The fourth-order valence-corrected chi connectivity index (χ4v) is 3.09. The zero-order valence-corrected chi connectivity index (χ0v) is 12.4. The smallest absolute Gasteiger partial charge is 0.233 e. The van der Waals surface area contributed by atoms with Gasteiger partial charge in [0.1, 0.15) is 0 Å². The first-order valence-electron chi connectivity index (χ1n) is 7.22. The Morgan fingerprint density at radius 3 is 2.75 bits per heavy atom. The van der Waals surface area contributed by atoms with Crippen molar-refractivity contribution >= 4 is 17.5 Å². The Balaban J connectivity index is 1.72. The molecule has 4 heteroatoms. The molecule has 1 N–H and O–H groups in total. The van der Waals surface area contributed by atoms with Crippen molar-refractivity contribution in [2.75, 3.05) is 13.6 Å². The molecule has 1 aromatic carbocycles. The van der Waals surface area contributed by atoms with Gasteiger partial charge in [-0.15, -0.1) is 0 Å². The van der Waals surface area contributed by atoms with E-state index in [0.717, 1.165) is 31.2 Å². The van der Waals surface area contributed by atoms with Gasteiger partial charge in [-0.3, -0.25) is 4.79 Å². The Kier molecular flexibility index (Phi) is 3.51. The molecule has 0 saturated heterocycles. The molecule has 0 aromatic heterocycles. The Bertz CT molecular complexity index is 523. The highest BCUT2D eigenvalue weighted by Crippen LogP contribution is 2.50. The standard InChI is InChI=1S/C16H20ClNO2/c1-18(10-14(19)11-5-6-11)15(20)16(7-8-16)12-3-2-4-13(17)9-12/h2-4,9,11,14,19H,5-8,10H2,1H3. The summed E-state index contributed by atoms with van der Waals surface area (Å²) in [5.41, 5.74) is 0.603. The summed E-state index contributed by atoms with van der Waals surface area (Å²) in [5, 5.41) is 10.7. The van der Waals surface area contributed by atoms with E-state index in [1.54, 1.807) is 11.9 Å². The molecule has 0 radical (unpaired) electrons. The summed E-state index contributed by atoms with van der Waals surface area (Å²) in [4.78, 5) is 14.4. The van der Waals surface area contributed by atoms with E-state index in [1.165, 1.54) is 0 Å². The van der Waals surface area contributed by atoms with Crippen molar-refractivity contribution in [2.24, 2.45) is 5.92 Å².